The van der Waals surface area contributed by atoms with Gasteiger partial charge in [0.05, 0.1) is 18.1 Å². The molecule has 0 aromatic heterocycles. The molecule has 3 rings (SSSR count). The van der Waals surface area contributed by atoms with E-state index in [2.05, 4.69) is 21.9 Å². The van der Waals surface area contributed by atoms with E-state index < -0.39 is 10.0 Å². The molecule has 22 heavy (non-hydrogen) atoms. The van der Waals surface area contributed by atoms with E-state index in [9.17, 15) is 8.42 Å². The number of sulfonamides is 1. The molecular weight excluding hydrogens is 302 g/mol. The van der Waals surface area contributed by atoms with E-state index in [-0.39, 0.29) is 0 Å². The molecule has 0 saturated carbocycles. The van der Waals surface area contributed by atoms with E-state index in [0.717, 1.165) is 44.0 Å². The summed E-state index contributed by atoms with van der Waals surface area (Å²) >= 11 is 0. The molecule has 2 heterocycles. The van der Waals surface area contributed by atoms with Gasteiger partial charge in [0.25, 0.3) is 0 Å². The lowest BCUT2D eigenvalue weighted by molar-refractivity contribution is 0.0390. The number of rotatable bonds is 5. The van der Waals surface area contributed by atoms with Gasteiger partial charge >= 0.3 is 0 Å². The predicted molar refractivity (Wildman–Crippen MR) is 85.7 cm³/mol. The van der Waals surface area contributed by atoms with Gasteiger partial charge in [0, 0.05) is 37.9 Å². The van der Waals surface area contributed by atoms with Crippen LogP contribution in [0, 0.1) is 0 Å². The zero-order valence-corrected chi connectivity index (χ0v) is 13.7. The third kappa shape index (κ3) is 3.60. The second-order valence-electron chi connectivity index (χ2n) is 5.92. The van der Waals surface area contributed by atoms with Crippen LogP contribution in [0.4, 0.5) is 5.69 Å². The molecular formula is C15H23N3O3S. The molecule has 0 aliphatic carbocycles. The molecule has 0 radical (unpaired) electrons. The van der Waals surface area contributed by atoms with Crippen molar-refractivity contribution in [1.82, 2.24) is 9.62 Å². The highest BCUT2D eigenvalue weighted by Gasteiger charge is 2.21. The molecule has 1 aromatic rings. The lowest BCUT2D eigenvalue weighted by atomic mass is 10.1. The molecule has 0 bridgehead atoms. The summed E-state index contributed by atoms with van der Waals surface area (Å²) in [5, 5.41) is 3.33. The van der Waals surface area contributed by atoms with Crippen LogP contribution in [0.3, 0.4) is 0 Å². The summed E-state index contributed by atoms with van der Waals surface area (Å²) in [6.07, 6.45) is 0.868. The third-order valence-corrected chi connectivity index (χ3v) is 5.60. The predicted octanol–water partition coefficient (Wildman–Crippen LogP) is 0.654. The van der Waals surface area contributed by atoms with E-state index in [1.165, 1.54) is 0 Å². The van der Waals surface area contributed by atoms with Gasteiger partial charge in [-0.1, -0.05) is 0 Å². The SMILES string of the molecule is CC1Cc2cc(S(=O)(=O)NCCN3CCOCC3)ccc2N1. The molecule has 1 saturated heterocycles. The summed E-state index contributed by atoms with van der Waals surface area (Å²) in [5.74, 6) is 0. The zero-order valence-electron chi connectivity index (χ0n) is 12.8. The normalized spacial score (nSPS) is 22.3. The maximum absolute atomic E-state index is 12.4. The van der Waals surface area contributed by atoms with Crippen LogP contribution in [-0.4, -0.2) is 58.8 Å². The van der Waals surface area contributed by atoms with Crippen LogP contribution in [0.15, 0.2) is 23.1 Å². The second kappa shape index (κ2) is 6.54. The molecule has 122 valence electrons. The van der Waals surface area contributed by atoms with E-state index in [1.807, 2.05) is 6.07 Å². The number of ether oxygens (including phenoxy) is 1. The van der Waals surface area contributed by atoms with Crippen molar-refractivity contribution in [3.63, 3.8) is 0 Å². The van der Waals surface area contributed by atoms with Gasteiger partial charge in [0.15, 0.2) is 0 Å². The minimum Gasteiger partial charge on any atom is -0.382 e. The fraction of sp³-hybridized carbons (Fsp3) is 0.600. The van der Waals surface area contributed by atoms with Gasteiger partial charge in [-0.15, -0.1) is 0 Å². The molecule has 1 fully saturated rings. The molecule has 0 spiro atoms. The molecule has 2 aliphatic rings. The van der Waals surface area contributed by atoms with Gasteiger partial charge in [-0.25, -0.2) is 13.1 Å². The first-order chi connectivity index (χ1) is 10.5. The number of hydrogen-bond donors (Lipinski definition) is 2. The summed E-state index contributed by atoms with van der Waals surface area (Å²) in [5.41, 5.74) is 2.11. The first kappa shape index (κ1) is 15.7. The van der Waals surface area contributed by atoms with Crippen molar-refractivity contribution in [2.75, 3.05) is 44.7 Å². The fourth-order valence-electron chi connectivity index (χ4n) is 2.94. The summed E-state index contributed by atoms with van der Waals surface area (Å²) in [7, 11) is -3.44. The maximum atomic E-state index is 12.4. The minimum absolute atomic E-state index is 0.351. The van der Waals surface area contributed by atoms with Gasteiger partial charge in [-0.3, -0.25) is 4.90 Å². The Labute approximate surface area is 131 Å². The van der Waals surface area contributed by atoms with Crippen LogP contribution < -0.4 is 10.0 Å². The fourth-order valence-corrected chi connectivity index (χ4v) is 4.01. The average molecular weight is 325 g/mol. The second-order valence-corrected chi connectivity index (χ2v) is 7.69. The zero-order chi connectivity index (χ0) is 15.6. The van der Waals surface area contributed by atoms with Crippen molar-refractivity contribution in [2.45, 2.75) is 24.3 Å². The van der Waals surface area contributed by atoms with Crippen LogP contribution in [0.5, 0.6) is 0 Å². The third-order valence-electron chi connectivity index (χ3n) is 4.14. The number of nitrogens with zero attached hydrogens (tertiary/aromatic N) is 1. The smallest absolute Gasteiger partial charge is 0.240 e. The van der Waals surface area contributed by atoms with Crippen LogP contribution in [0.1, 0.15) is 12.5 Å². The van der Waals surface area contributed by atoms with Gasteiger partial charge in [0.1, 0.15) is 0 Å². The first-order valence-electron chi connectivity index (χ1n) is 7.74. The van der Waals surface area contributed by atoms with E-state index in [0.29, 0.717) is 24.0 Å². The number of benzene rings is 1. The Morgan fingerprint density at radius 1 is 1.36 bits per heavy atom. The van der Waals surface area contributed by atoms with Crippen molar-refractivity contribution in [3.05, 3.63) is 23.8 Å². The molecule has 2 N–H and O–H groups in total. The standard InChI is InChI=1S/C15H23N3O3S/c1-12-10-13-11-14(2-3-15(13)17-12)22(19,20)16-4-5-18-6-8-21-9-7-18/h2-3,11-12,16-17H,4-10H2,1H3. The van der Waals surface area contributed by atoms with Crippen molar-refractivity contribution in [2.24, 2.45) is 0 Å². The van der Waals surface area contributed by atoms with E-state index in [4.69, 9.17) is 4.74 Å². The minimum atomic E-state index is -3.44. The monoisotopic (exact) mass is 325 g/mol. The van der Waals surface area contributed by atoms with E-state index in [1.54, 1.807) is 12.1 Å². The van der Waals surface area contributed by atoms with Crippen LogP contribution in [0.2, 0.25) is 0 Å². The number of nitrogens with one attached hydrogen (secondary N) is 2. The van der Waals surface area contributed by atoms with Crippen molar-refractivity contribution < 1.29 is 13.2 Å². The number of fused-ring (bicyclic) bond motifs is 1. The molecule has 1 unspecified atom stereocenters. The summed E-state index contributed by atoms with van der Waals surface area (Å²) in [6.45, 7) is 6.41. The van der Waals surface area contributed by atoms with Crippen LogP contribution >= 0.6 is 0 Å². The van der Waals surface area contributed by atoms with E-state index >= 15 is 0 Å². The molecule has 0 amide bonds. The Kier molecular flexibility index (Phi) is 4.67. The Hall–Kier alpha value is -1.15. The molecule has 7 heteroatoms. The molecule has 1 atom stereocenters. The summed E-state index contributed by atoms with van der Waals surface area (Å²) < 4.78 is 32.7. The van der Waals surface area contributed by atoms with Gasteiger partial charge < -0.3 is 10.1 Å². The van der Waals surface area contributed by atoms with Gasteiger partial charge in [0.2, 0.25) is 10.0 Å². The van der Waals surface area contributed by atoms with Gasteiger partial charge in [-0.05, 0) is 37.1 Å². The highest BCUT2D eigenvalue weighted by molar-refractivity contribution is 7.89. The number of anilines is 1. The van der Waals surface area contributed by atoms with Crippen LogP contribution in [-0.2, 0) is 21.2 Å². The lowest BCUT2D eigenvalue weighted by Gasteiger charge is -2.26. The van der Waals surface area contributed by atoms with Crippen LogP contribution in [0.25, 0.3) is 0 Å². The van der Waals surface area contributed by atoms with Crippen molar-refractivity contribution in [3.8, 4) is 0 Å². The highest BCUT2D eigenvalue weighted by atomic mass is 32.2. The molecule has 6 nitrogen and oxygen atoms in total. The molecule has 1 aromatic carbocycles. The summed E-state index contributed by atoms with van der Waals surface area (Å²) in [4.78, 5) is 2.56. The Morgan fingerprint density at radius 3 is 2.91 bits per heavy atom. The first-order valence-corrected chi connectivity index (χ1v) is 9.22. The average Bonchev–Trinajstić information content (AvgIpc) is 2.87. The highest BCUT2D eigenvalue weighted by Crippen LogP contribution is 2.27. The van der Waals surface area contributed by atoms with Crippen molar-refractivity contribution >= 4 is 15.7 Å². The Balaban J connectivity index is 1.59. The van der Waals surface area contributed by atoms with Gasteiger partial charge in [-0.2, -0.15) is 0 Å². The number of morpholine rings is 1. The Bertz CT molecular complexity index is 627. The molecule has 2 aliphatic heterocycles. The quantitative estimate of drug-likeness (QED) is 0.832. The van der Waals surface area contributed by atoms with Crippen molar-refractivity contribution in [1.29, 1.82) is 0 Å². The maximum Gasteiger partial charge on any atom is 0.240 e. The topological polar surface area (TPSA) is 70.7 Å². The summed E-state index contributed by atoms with van der Waals surface area (Å²) in [6, 6.07) is 5.67. The lowest BCUT2D eigenvalue weighted by Crippen LogP contribution is -2.41. The number of hydrogen-bond acceptors (Lipinski definition) is 5. The largest absolute Gasteiger partial charge is 0.382 e. The Morgan fingerprint density at radius 2 is 2.14 bits per heavy atom.